The van der Waals surface area contributed by atoms with Gasteiger partial charge in [-0.1, -0.05) is 0 Å². The normalized spacial score (nSPS) is 12.9. The Morgan fingerprint density at radius 3 is 2.44 bits per heavy atom. The maximum absolute atomic E-state index is 12.7. The van der Waals surface area contributed by atoms with Gasteiger partial charge < -0.3 is 24.3 Å². The third kappa shape index (κ3) is 3.96. The van der Waals surface area contributed by atoms with E-state index in [1.54, 1.807) is 24.3 Å². The second-order valence-corrected chi connectivity index (χ2v) is 5.46. The standard InChI is InChI=1S/C19H21NO5/c1-3-23-14-7-5-13(6-8-14)20-19(21)15-11-17-18(12-16(15)22-2)25-10-4-9-24-17/h5-8,11-12H,3-4,9-10H2,1-2H3,(H,20,21). The van der Waals surface area contributed by atoms with Crippen LogP contribution in [-0.4, -0.2) is 32.8 Å². The molecule has 0 fully saturated rings. The Kier molecular flexibility index (Phi) is 5.28. The summed E-state index contributed by atoms with van der Waals surface area (Å²) >= 11 is 0. The number of amides is 1. The molecule has 6 heteroatoms. The molecule has 0 spiro atoms. The van der Waals surface area contributed by atoms with Crippen LogP contribution in [0.5, 0.6) is 23.0 Å². The first kappa shape index (κ1) is 17.0. The van der Waals surface area contributed by atoms with Gasteiger partial charge in [-0.3, -0.25) is 4.79 Å². The largest absolute Gasteiger partial charge is 0.496 e. The van der Waals surface area contributed by atoms with Crippen LogP contribution in [-0.2, 0) is 0 Å². The first-order chi connectivity index (χ1) is 12.2. The molecular weight excluding hydrogens is 322 g/mol. The molecule has 0 radical (unpaired) electrons. The summed E-state index contributed by atoms with van der Waals surface area (Å²) in [5.74, 6) is 2.06. The molecule has 0 atom stereocenters. The number of carbonyl (C=O) groups excluding carboxylic acids is 1. The molecule has 0 unspecified atom stereocenters. The molecule has 25 heavy (non-hydrogen) atoms. The number of hydrogen-bond acceptors (Lipinski definition) is 5. The molecule has 0 saturated heterocycles. The second kappa shape index (κ2) is 7.79. The Morgan fingerprint density at radius 2 is 1.80 bits per heavy atom. The van der Waals surface area contributed by atoms with Crippen LogP contribution in [0, 0.1) is 0 Å². The topological polar surface area (TPSA) is 66.0 Å². The minimum absolute atomic E-state index is 0.281. The summed E-state index contributed by atoms with van der Waals surface area (Å²) in [7, 11) is 1.52. The van der Waals surface area contributed by atoms with E-state index in [-0.39, 0.29) is 5.91 Å². The van der Waals surface area contributed by atoms with Crippen LogP contribution < -0.4 is 24.3 Å². The van der Waals surface area contributed by atoms with Crippen LogP contribution in [0.4, 0.5) is 5.69 Å². The Morgan fingerprint density at radius 1 is 1.12 bits per heavy atom. The lowest BCUT2D eigenvalue weighted by Crippen LogP contribution is -2.13. The van der Waals surface area contributed by atoms with Crippen molar-refractivity contribution >= 4 is 11.6 Å². The molecule has 1 aliphatic heterocycles. The van der Waals surface area contributed by atoms with Crippen molar-refractivity contribution in [2.45, 2.75) is 13.3 Å². The van der Waals surface area contributed by atoms with Gasteiger partial charge in [0.15, 0.2) is 11.5 Å². The van der Waals surface area contributed by atoms with E-state index < -0.39 is 0 Å². The van der Waals surface area contributed by atoms with Gasteiger partial charge in [-0.15, -0.1) is 0 Å². The van der Waals surface area contributed by atoms with Crippen molar-refractivity contribution < 1.29 is 23.7 Å². The van der Waals surface area contributed by atoms with Crippen molar-refractivity contribution in [2.24, 2.45) is 0 Å². The zero-order valence-corrected chi connectivity index (χ0v) is 14.3. The van der Waals surface area contributed by atoms with Gasteiger partial charge in [-0.25, -0.2) is 0 Å². The van der Waals surface area contributed by atoms with Gasteiger partial charge in [-0.05, 0) is 31.2 Å². The van der Waals surface area contributed by atoms with E-state index in [9.17, 15) is 4.79 Å². The SMILES string of the molecule is CCOc1ccc(NC(=O)c2cc3c(cc2OC)OCCCO3)cc1. The summed E-state index contributed by atoms with van der Waals surface area (Å²) in [5, 5.41) is 2.85. The fraction of sp³-hybridized carbons (Fsp3) is 0.316. The van der Waals surface area contributed by atoms with Crippen LogP contribution in [0.15, 0.2) is 36.4 Å². The number of nitrogens with one attached hydrogen (secondary N) is 1. The quantitative estimate of drug-likeness (QED) is 0.900. The maximum atomic E-state index is 12.7. The first-order valence-corrected chi connectivity index (χ1v) is 8.23. The van der Waals surface area contributed by atoms with E-state index in [0.29, 0.717) is 48.3 Å². The van der Waals surface area contributed by atoms with E-state index in [1.807, 2.05) is 19.1 Å². The molecule has 132 valence electrons. The Labute approximate surface area is 146 Å². The molecule has 1 heterocycles. The first-order valence-electron chi connectivity index (χ1n) is 8.23. The Hall–Kier alpha value is -2.89. The van der Waals surface area contributed by atoms with Crippen molar-refractivity contribution in [2.75, 3.05) is 32.2 Å². The van der Waals surface area contributed by atoms with Crippen molar-refractivity contribution in [1.82, 2.24) is 0 Å². The zero-order valence-electron chi connectivity index (χ0n) is 14.3. The summed E-state index contributed by atoms with van der Waals surface area (Å²) < 4.78 is 22.0. The summed E-state index contributed by atoms with van der Waals surface area (Å²) in [5.41, 5.74) is 1.06. The lowest BCUT2D eigenvalue weighted by molar-refractivity contribution is 0.102. The molecule has 0 bridgehead atoms. The molecule has 2 aromatic rings. The number of fused-ring (bicyclic) bond motifs is 1. The predicted molar refractivity (Wildman–Crippen MR) is 94.2 cm³/mol. The van der Waals surface area contributed by atoms with Gasteiger partial charge in [0.2, 0.25) is 0 Å². The highest BCUT2D eigenvalue weighted by Crippen LogP contribution is 2.36. The molecule has 0 aliphatic carbocycles. The number of hydrogen-bond donors (Lipinski definition) is 1. The molecule has 0 aromatic heterocycles. The predicted octanol–water partition coefficient (Wildman–Crippen LogP) is 3.51. The zero-order chi connectivity index (χ0) is 17.6. The van der Waals surface area contributed by atoms with Crippen LogP contribution in [0.3, 0.4) is 0 Å². The number of anilines is 1. The van der Waals surface area contributed by atoms with Gasteiger partial charge in [0, 0.05) is 24.2 Å². The number of rotatable bonds is 5. The van der Waals surface area contributed by atoms with E-state index in [1.165, 1.54) is 7.11 Å². The highest BCUT2D eigenvalue weighted by Gasteiger charge is 2.20. The highest BCUT2D eigenvalue weighted by atomic mass is 16.5. The monoisotopic (exact) mass is 343 g/mol. The molecule has 3 rings (SSSR count). The number of carbonyl (C=O) groups is 1. The van der Waals surface area contributed by atoms with Gasteiger partial charge in [-0.2, -0.15) is 0 Å². The summed E-state index contributed by atoms with van der Waals surface area (Å²) in [6, 6.07) is 10.5. The van der Waals surface area contributed by atoms with Gasteiger partial charge in [0.1, 0.15) is 11.5 Å². The second-order valence-electron chi connectivity index (χ2n) is 5.46. The number of benzene rings is 2. The molecule has 2 aromatic carbocycles. The van der Waals surface area contributed by atoms with Crippen molar-refractivity contribution in [3.63, 3.8) is 0 Å². The summed E-state index contributed by atoms with van der Waals surface area (Å²) in [4.78, 5) is 12.7. The Bertz CT molecular complexity index is 742. The average molecular weight is 343 g/mol. The Balaban J connectivity index is 1.82. The van der Waals surface area contributed by atoms with Crippen LogP contribution in [0.1, 0.15) is 23.7 Å². The summed E-state index contributed by atoms with van der Waals surface area (Å²) in [6.07, 6.45) is 0.796. The minimum atomic E-state index is -0.281. The van der Waals surface area contributed by atoms with Gasteiger partial charge in [0.05, 0.1) is 32.5 Å². The molecule has 1 N–H and O–H groups in total. The fourth-order valence-corrected chi connectivity index (χ4v) is 2.54. The lowest BCUT2D eigenvalue weighted by atomic mass is 10.1. The van der Waals surface area contributed by atoms with Crippen LogP contribution in [0.25, 0.3) is 0 Å². The fourth-order valence-electron chi connectivity index (χ4n) is 2.54. The molecular formula is C19H21NO5. The molecule has 1 amide bonds. The smallest absolute Gasteiger partial charge is 0.259 e. The molecule has 0 saturated carbocycles. The van der Waals surface area contributed by atoms with Crippen LogP contribution >= 0.6 is 0 Å². The van der Waals surface area contributed by atoms with E-state index in [0.717, 1.165) is 12.2 Å². The highest BCUT2D eigenvalue weighted by molar-refractivity contribution is 6.06. The minimum Gasteiger partial charge on any atom is -0.496 e. The van der Waals surface area contributed by atoms with E-state index >= 15 is 0 Å². The number of ether oxygens (including phenoxy) is 4. The van der Waals surface area contributed by atoms with Crippen LogP contribution in [0.2, 0.25) is 0 Å². The third-order valence-electron chi connectivity index (χ3n) is 3.74. The number of methoxy groups -OCH3 is 1. The van der Waals surface area contributed by atoms with E-state index in [2.05, 4.69) is 5.32 Å². The molecule has 6 nitrogen and oxygen atoms in total. The third-order valence-corrected chi connectivity index (χ3v) is 3.74. The molecule has 1 aliphatic rings. The maximum Gasteiger partial charge on any atom is 0.259 e. The van der Waals surface area contributed by atoms with Crippen molar-refractivity contribution in [1.29, 1.82) is 0 Å². The van der Waals surface area contributed by atoms with Gasteiger partial charge >= 0.3 is 0 Å². The summed E-state index contributed by atoms with van der Waals surface area (Å²) in [6.45, 7) is 3.65. The lowest BCUT2D eigenvalue weighted by Gasteiger charge is -2.14. The van der Waals surface area contributed by atoms with E-state index in [4.69, 9.17) is 18.9 Å². The average Bonchev–Trinajstić information content (AvgIpc) is 2.87. The van der Waals surface area contributed by atoms with Crippen molar-refractivity contribution in [3.05, 3.63) is 42.0 Å². The van der Waals surface area contributed by atoms with Crippen molar-refractivity contribution in [3.8, 4) is 23.0 Å². The van der Waals surface area contributed by atoms with Gasteiger partial charge in [0.25, 0.3) is 5.91 Å².